The van der Waals surface area contributed by atoms with Crippen molar-refractivity contribution < 1.29 is 23.9 Å². The van der Waals surface area contributed by atoms with Crippen molar-refractivity contribution in [2.75, 3.05) is 27.7 Å². The van der Waals surface area contributed by atoms with Crippen LogP contribution in [0, 0.1) is 0 Å². The lowest BCUT2D eigenvalue weighted by atomic mass is 10.1. The Morgan fingerprint density at radius 3 is 2.00 bits per heavy atom. The van der Waals surface area contributed by atoms with Gasteiger partial charge in [-0.25, -0.2) is 0 Å². The van der Waals surface area contributed by atoms with E-state index in [1.165, 1.54) is 0 Å². The summed E-state index contributed by atoms with van der Waals surface area (Å²) in [6.07, 6.45) is 2.62. The number of unbranched alkanes of at least 4 members (excludes halogenated alkanes) is 2. The van der Waals surface area contributed by atoms with E-state index in [2.05, 4.69) is 0 Å². The third-order valence-electron chi connectivity index (χ3n) is 2.45. The van der Waals surface area contributed by atoms with Crippen LogP contribution in [0.3, 0.4) is 0 Å². The van der Waals surface area contributed by atoms with Gasteiger partial charge in [0.1, 0.15) is 6.54 Å². The molecule has 0 saturated heterocycles. The van der Waals surface area contributed by atoms with Gasteiger partial charge >= 0.3 is 7.60 Å². The second kappa shape index (κ2) is 5.61. The average molecular weight is 254 g/mol. The minimum atomic E-state index is -4.48. The molecule has 1 unspecified atom stereocenters. The molecule has 0 aliphatic carbocycles. The van der Waals surface area contributed by atoms with Gasteiger partial charge in [-0.2, -0.15) is 0 Å². The molecule has 0 aromatic heterocycles. The first-order valence-corrected chi connectivity index (χ1v) is 7.21. The molecule has 0 heterocycles. The van der Waals surface area contributed by atoms with Gasteiger partial charge in [0.05, 0.1) is 21.1 Å². The summed E-state index contributed by atoms with van der Waals surface area (Å²) in [6, 6.07) is 0. The van der Waals surface area contributed by atoms with Gasteiger partial charge in [0.25, 0.3) is 0 Å². The maximum absolute atomic E-state index is 11.4. The van der Waals surface area contributed by atoms with Crippen LogP contribution in [-0.2, 0) is 4.57 Å². The molecular formula is C10H25NO4P+. The van der Waals surface area contributed by atoms with Crippen molar-refractivity contribution in [2.45, 2.75) is 37.9 Å². The number of aliphatic hydroxyl groups is 1. The Morgan fingerprint density at radius 2 is 1.69 bits per heavy atom. The molecule has 0 amide bonds. The van der Waals surface area contributed by atoms with Crippen LogP contribution in [0.1, 0.15) is 32.6 Å². The Bertz CT molecular complexity index is 258. The third kappa shape index (κ3) is 5.41. The highest BCUT2D eigenvalue weighted by molar-refractivity contribution is 7.53. The predicted molar refractivity (Wildman–Crippen MR) is 64.0 cm³/mol. The summed E-state index contributed by atoms with van der Waals surface area (Å²) in [5, 5.41) is 8.24. The van der Waals surface area contributed by atoms with Crippen LogP contribution in [0.2, 0.25) is 0 Å². The SMILES string of the molecule is CCCCCC(O)(C[N+](C)(C)C)P(=O)(O)O. The van der Waals surface area contributed by atoms with Gasteiger partial charge in [-0.3, -0.25) is 4.57 Å². The lowest BCUT2D eigenvalue weighted by Crippen LogP contribution is -2.49. The lowest BCUT2D eigenvalue weighted by Gasteiger charge is -2.35. The Hall–Kier alpha value is 0.0700. The van der Waals surface area contributed by atoms with E-state index in [-0.39, 0.29) is 13.0 Å². The standard InChI is InChI=1S/C10H24NO4P/c1-5-6-7-8-10(12,16(13,14)15)9-11(2,3)4/h12H,5-9H2,1-4H3,(H-,13,14,15)/p+1. The van der Waals surface area contributed by atoms with Crippen LogP contribution in [0.4, 0.5) is 0 Å². The summed E-state index contributed by atoms with van der Waals surface area (Å²) in [7, 11) is 0.934. The molecule has 0 spiro atoms. The smallest absolute Gasteiger partial charge is 0.362 e. The Morgan fingerprint density at radius 1 is 1.19 bits per heavy atom. The van der Waals surface area contributed by atoms with Crippen LogP contribution in [0.15, 0.2) is 0 Å². The lowest BCUT2D eigenvalue weighted by molar-refractivity contribution is -0.875. The molecule has 0 aromatic rings. The monoisotopic (exact) mass is 254 g/mol. The van der Waals surface area contributed by atoms with E-state index >= 15 is 0 Å². The molecular weight excluding hydrogens is 229 g/mol. The van der Waals surface area contributed by atoms with E-state index in [1.807, 2.05) is 6.92 Å². The minimum Gasteiger partial charge on any atom is -0.373 e. The normalized spacial score (nSPS) is 17.2. The number of hydrogen-bond acceptors (Lipinski definition) is 2. The molecule has 0 aliphatic rings. The van der Waals surface area contributed by atoms with Gasteiger partial charge in [0.15, 0.2) is 0 Å². The maximum atomic E-state index is 11.4. The summed E-state index contributed by atoms with van der Waals surface area (Å²) >= 11 is 0. The number of hydrogen-bond donors (Lipinski definition) is 3. The Kier molecular flexibility index (Phi) is 5.63. The molecule has 0 saturated carbocycles. The second-order valence-corrected chi connectivity index (χ2v) is 7.35. The molecule has 3 N–H and O–H groups in total. The number of nitrogens with zero attached hydrogens (tertiary/aromatic N) is 1. The average Bonchev–Trinajstić information content (AvgIpc) is 1.99. The molecule has 16 heavy (non-hydrogen) atoms. The molecule has 0 rings (SSSR count). The Labute approximate surface area is 97.8 Å². The molecule has 98 valence electrons. The quantitative estimate of drug-likeness (QED) is 0.362. The molecule has 0 aliphatic heterocycles. The van der Waals surface area contributed by atoms with E-state index in [0.717, 1.165) is 12.8 Å². The fourth-order valence-corrected chi connectivity index (χ4v) is 2.79. The fourth-order valence-electron chi connectivity index (χ4n) is 1.73. The van der Waals surface area contributed by atoms with E-state index in [1.54, 1.807) is 21.1 Å². The molecule has 1 atom stereocenters. The van der Waals surface area contributed by atoms with Crippen molar-refractivity contribution in [2.24, 2.45) is 0 Å². The molecule has 5 nitrogen and oxygen atoms in total. The zero-order valence-corrected chi connectivity index (χ0v) is 11.6. The van der Waals surface area contributed by atoms with E-state index in [0.29, 0.717) is 10.9 Å². The van der Waals surface area contributed by atoms with Crippen LogP contribution in [0.25, 0.3) is 0 Å². The number of likely N-dealkylation sites (N-methyl/N-ethyl adjacent to an activating group) is 1. The summed E-state index contributed by atoms with van der Waals surface area (Å²) in [5.41, 5.74) is 0. The third-order valence-corrected chi connectivity index (χ3v) is 3.90. The summed E-state index contributed by atoms with van der Waals surface area (Å²) in [6.45, 7) is 2.07. The van der Waals surface area contributed by atoms with Crippen molar-refractivity contribution in [3.8, 4) is 0 Å². The first kappa shape index (κ1) is 16.1. The summed E-state index contributed by atoms with van der Waals surface area (Å²) in [5.74, 6) is 0. The molecule has 0 radical (unpaired) electrons. The van der Waals surface area contributed by atoms with Gasteiger partial charge in [0, 0.05) is 0 Å². The topological polar surface area (TPSA) is 77.8 Å². The maximum Gasteiger partial charge on any atom is 0.362 e. The van der Waals surface area contributed by atoms with E-state index in [9.17, 15) is 19.5 Å². The van der Waals surface area contributed by atoms with Gasteiger partial charge in [-0.05, 0) is 12.8 Å². The van der Waals surface area contributed by atoms with Crippen LogP contribution < -0.4 is 0 Å². The zero-order valence-electron chi connectivity index (χ0n) is 10.7. The van der Waals surface area contributed by atoms with Gasteiger partial charge in [-0.1, -0.05) is 19.8 Å². The highest BCUT2D eigenvalue weighted by atomic mass is 31.2. The number of quaternary nitrogens is 1. The largest absolute Gasteiger partial charge is 0.373 e. The molecule has 0 fully saturated rings. The second-order valence-electron chi connectivity index (χ2n) is 5.43. The highest BCUT2D eigenvalue weighted by Gasteiger charge is 2.48. The molecule has 6 heteroatoms. The molecule has 0 bridgehead atoms. The van der Waals surface area contributed by atoms with Crippen molar-refractivity contribution in [1.82, 2.24) is 0 Å². The van der Waals surface area contributed by atoms with Crippen molar-refractivity contribution in [1.29, 1.82) is 0 Å². The van der Waals surface area contributed by atoms with Crippen molar-refractivity contribution in [3.63, 3.8) is 0 Å². The number of rotatable bonds is 7. The van der Waals surface area contributed by atoms with Gasteiger partial charge < -0.3 is 19.4 Å². The van der Waals surface area contributed by atoms with Gasteiger partial charge in [0.2, 0.25) is 5.34 Å². The molecule has 0 aromatic carbocycles. The summed E-state index contributed by atoms with van der Waals surface area (Å²) < 4.78 is 11.7. The fraction of sp³-hybridized carbons (Fsp3) is 1.00. The van der Waals surface area contributed by atoms with Crippen LogP contribution >= 0.6 is 7.60 Å². The van der Waals surface area contributed by atoms with E-state index < -0.39 is 12.9 Å². The first-order valence-electron chi connectivity index (χ1n) is 5.60. The predicted octanol–water partition coefficient (Wildman–Crippen LogP) is 1.14. The van der Waals surface area contributed by atoms with Crippen LogP contribution in [-0.4, -0.2) is 52.4 Å². The van der Waals surface area contributed by atoms with Crippen molar-refractivity contribution in [3.05, 3.63) is 0 Å². The minimum absolute atomic E-state index is 0.0565. The zero-order chi connectivity index (χ0) is 13.0. The Balaban J connectivity index is 4.70. The van der Waals surface area contributed by atoms with Crippen molar-refractivity contribution >= 4 is 7.60 Å². The first-order chi connectivity index (χ1) is 7.02. The van der Waals surface area contributed by atoms with Crippen LogP contribution in [0.5, 0.6) is 0 Å². The summed E-state index contributed by atoms with van der Waals surface area (Å²) in [4.78, 5) is 18.5. The van der Waals surface area contributed by atoms with E-state index in [4.69, 9.17) is 0 Å². The highest BCUT2D eigenvalue weighted by Crippen LogP contribution is 2.52. The van der Waals surface area contributed by atoms with Gasteiger partial charge in [-0.15, -0.1) is 0 Å².